The summed E-state index contributed by atoms with van der Waals surface area (Å²) in [5.74, 6) is -0.295. The fourth-order valence-corrected chi connectivity index (χ4v) is 7.78. The molecule has 0 unspecified atom stereocenters. The molecule has 5 rings (SSSR count). The van der Waals surface area contributed by atoms with Crippen LogP contribution in [0, 0.1) is 0 Å². The van der Waals surface area contributed by atoms with Gasteiger partial charge in [-0.1, -0.05) is 0 Å². The molecule has 6 atom stereocenters. The van der Waals surface area contributed by atoms with Gasteiger partial charge >= 0.3 is 5.97 Å². The largest absolute Gasteiger partial charge is 0.473 e. The minimum atomic E-state index is -0.612. The lowest BCUT2D eigenvalue weighted by Gasteiger charge is -2.56. The van der Waals surface area contributed by atoms with Crippen LogP contribution in [0.1, 0.15) is 19.8 Å². The normalized spacial score (nSPS) is 41.4. The smallest absolute Gasteiger partial charge is 0.303 e. The number of piperazine rings is 1. The SMILES string of the molecule is CS[C@@]12CC3=COC=C[C@H](OC(C)=O)[C@H]3N1C[C@]1(SC)CC3=COC=C[C@H](O)[C@H]3N1C2. The summed E-state index contributed by atoms with van der Waals surface area (Å²) in [5.41, 5.74) is 2.27. The van der Waals surface area contributed by atoms with Crippen LogP contribution < -0.4 is 0 Å². The lowest BCUT2D eigenvalue weighted by atomic mass is 10.0. The molecule has 5 aliphatic heterocycles. The van der Waals surface area contributed by atoms with Crippen LogP contribution in [0.4, 0.5) is 0 Å². The van der Waals surface area contributed by atoms with Gasteiger partial charge in [0.05, 0.1) is 53.0 Å². The van der Waals surface area contributed by atoms with Crippen molar-refractivity contribution in [3.63, 3.8) is 0 Å². The molecule has 5 aliphatic rings. The molecule has 168 valence electrons. The third-order valence-corrected chi connectivity index (χ3v) is 9.65. The van der Waals surface area contributed by atoms with Gasteiger partial charge in [-0.15, -0.1) is 23.5 Å². The lowest BCUT2D eigenvalue weighted by molar-refractivity contribution is -0.147. The number of aliphatic hydroxyl groups excluding tert-OH is 1. The summed E-state index contributed by atoms with van der Waals surface area (Å²) in [7, 11) is 0. The number of aliphatic hydroxyl groups is 1. The Hall–Kier alpha value is -1.39. The van der Waals surface area contributed by atoms with Crippen molar-refractivity contribution < 1.29 is 24.1 Å². The number of rotatable bonds is 3. The van der Waals surface area contributed by atoms with Crippen molar-refractivity contribution in [3.05, 3.63) is 48.3 Å². The number of hydrogen-bond donors (Lipinski definition) is 1. The van der Waals surface area contributed by atoms with Crippen molar-refractivity contribution in [2.75, 3.05) is 25.6 Å². The molecule has 0 aromatic rings. The van der Waals surface area contributed by atoms with E-state index in [9.17, 15) is 9.90 Å². The molecule has 0 saturated carbocycles. The molecule has 0 bridgehead atoms. The van der Waals surface area contributed by atoms with E-state index >= 15 is 0 Å². The van der Waals surface area contributed by atoms with Gasteiger partial charge in [0.15, 0.2) is 0 Å². The number of carbonyl (C=O) groups is 1. The third-order valence-electron chi connectivity index (χ3n) is 7.11. The Kier molecular flexibility index (Phi) is 5.45. The first kappa shape index (κ1) is 21.5. The average Bonchev–Trinajstić information content (AvgIpc) is 3.06. The first-order chi connectivity index (χ1) is 14.9. The summed E-state index contributed by atoms with van der Waals surface area (Å²) < 4.78 is 16.9. The molecule has 0 aliphatic carbocycles. The van der Waals surface area contributed by atoms with Gasteiger partial charge in [-0.2, -0.15) is 0 Å². The molecule has 7 nitrogen and oxygen atoms in total. The molecule has 0 radical (unpaired) electrons. The standard InChI is InChI=1S/C22H28N2O5S2/c1-14(25)29-18-5-7-28-11-16-9-22(31-3)12-23-19-15(10-27-6-4-17(19)26)8-21(23,30-2)13-24(22)20(16)18/h4-7,10-11,17-20,26H,8-9,12-13H2,1-3H3/t17-,18-,19-,20-,21+,22+/m0/s1. The van der Waals surface area contributed by atoms with Crippen molar-refractivity contribution in [1.29, 1.82) is 0 Å². The van der Waals surface area contributed by atoms with Gasteiger partial charge < -0.3 is 19.3 Å². The van der Waals surface area contributed by atoms with Crippen molar-refractivity contribution >= 4 is 29.5 Å². The van der Waals surface area contributed by atoms with Crippen molar-refractivity contribution in [1.82, 2.24) is 9.80 Å². The molecule has 31 heavy (non-hydrogen) atoms. The van der Waals surface area contributed by atoms with Gasteiger partial charge in [0, 0.05) is 32.9 Å². The summed E-state index contributed by atoms with van der Waals surface area (Å²) in [6.07, 6.45) is 15.3. The Balaban J connectivity index is 1.56. The molecular formula is C22H28N2O5S2. The Bertz CT molecular complexity index is 889. The molecule has 3 fully saturated rings. The maximum atomic E-state index is 11.9. The minimum Gasteiger partial charge on any atom is -0.473 e. The predicted molar refractivity (Wildman–Crippen MR) is 121 cm³/mol. The van der Waals surface area contributed by atoms with Gasteiger partial charge in [-0.05, 0) is 35.8 Å². The minimum absolute atomic E-state index is 0.0678. The summed E-state index contributed by atoms with van der Waals surface area (Å²) in [5, 5.41) is 10.9. The molecule has 0 aromatic carbocycles. The van der Waals surface area contributed by atoms with Crippen molar-refractivity contribution in [3.8, 4) is 0 Å². The van der Waals surface area contributed by atoms with Crippen LogP contribution in [0.15, 0.2) is 48.3 Å². The van der Waals surface area contributed by atoms with E-state index in [1.807, 2.05) is 35.9 Å². The van der Waals surface area contributed by atoms with Crippen LogP contribution in [0.2, 0.25) is 0 Å². The monoisotopic (exact) mass is 464 g/mol. The first-order valence-electron chi connectivity index (χ1n) is 10.4. The highest BCUT2D eigenvalue weighted by atomic mass is 32.2. The zero-order chi connectivity index (χ0) is 21.8. The third kappa shape index (κ3) is 3.28. The van der Waals surface area contributed by atoms with E-state index in [4.69, 9.17) is 14.2 Å². The topological polar surface area (TPSA) is 71.5 Å². The van der Waals surface area contributed by atoms with Crippen molar-refractivity contribution in [2.45, 2.75) is 53.8 Å². The number of thioether (sulfide) groups is 2. The van der Waals surface area contributed by atoms with Gasteiger partial charge in [0.1, 0.15) is 6.10 Å². The molecular weight excluding hydrogens is 436 g/mol. The van der Waals surface area contributed by atoms with Crippen LogP contribution in [0.5, 0.6) is 0 Å². The highest BCUT2D eigenvalue weighted by molar-refractivity contribution is 8.00. The van der Waals surface area contributed by atoms with Crippen LogP contribution in [0.3, 0.4) is 0 Å². The van der Waals surface area contributed by atoms with Gasteiger partial charge in [0.2, 0.25) is 0 Å². The van der Waals surface area contributed by atoms with Gasteiger partial charge in [-0.25, -0.2) is 0 Å². The van der Waals surface area contributed by atoms with E-state index in [0.29, 0.717) is 0 Å². The quantitative estimate of drug-likeness (QED) is 0.634. The van der Waals surface area contributed by atoms with E-state index in [1.165, 1.54) is 6.92 Å². The zero-order valence-electron chi connectivity index (χ0n) is 17.9. The Labute approximate surface area is 191 Å². The van der Waals surface area contributed by atoms with Crippen LogP contribution >= 0.6 is 23.5 Å². The van der Waals surface area contributed by atoms with Gasteiger partial charge in [0.25, 0.3) is 0 Å². The second kappa shape index (κ2) is 7.88. The van der Waals surface area contributed by atoms with E-state index in [0.717, 1.165) is 37.1 Å². The summed E-state index contributed by atoms with van der Waals surface area (Å²) in [6, 6.07) is -0.168. The highest BCUT2D eigenvalue weighted by Gasteiger charge is 2.64. The van der Waals surface area contributed by atoms with E-state index < -0.39 is 12.2 Å². The van der Waals surface area contributed by atoms with Crippen LogP contribution in [0.25, 0.3) is 0 Å². The number of ether oxygens (including phenoxy) is 3. The molecule has 0 amide bonds. The molecule has 0 spiro atoms. The molecule has 3 saturated heterocycles. The fourth-order valence-electron chi connectivity index (χ4n) is 5.80. The molecule has 1 N–H and O–H groups in total. The highest BCUT2D eigenvalue weighted by Crippen LogP contribution is 2.57. The Morgan fingerprint density at radius 1 is 1.03 bits per heavy atom. The first-order valence-corrected chi connectivity index (χ1v) is 12.9. The van der Waals surface area contributed by atoms with E-state index in [-0.39, 0.29) is 27.8 Å². The maximum Gasteiger partial charge on any atom is 0.303 e. The van der Waals surface area contributed by atoms with E-state index in [2.05, 4.69) is 22.3 Å². The summed E-state index contributed by atoms with van der Waals surface area (Å²) >= 11 is 3.65. The Morgan fingerprint density at radius 2 is 1.58 bits per heavy atom. The van der Waals surface area contributed by atoms with Crippen LogP contribution in [-0.2, 0) is 19.0 Å². The van der Waals surface area contributed by atoms with Gasteiger partial charge in [-0.3, -0.25) is 14.6 Å². The summed E-state index contributed by atoms with van der Waals surface area (Å²) in [4.78, 5) is 16.4. The average molecular weight is 465 g/mol. The predicted octanol–water partition coefficient (Wildman–Crippen LogP) is 2.42. The Morgan fingerprint density at radius 3 is 2.16 bits per heavy atom. The number of esters is 1. The van der Waals surface area contributed by atoms with Crippen molar-refractivity contribution in [2.24, 2.45) is 0 Å². The number of hydrogen-bond acceptors (Lipinski definition) is 9. The van der Waals surface area contributed by atoms with E-state index in [1.54, 1.807) is 24.9 Å². The van der Waals surface area contributed by atoms with Crippen LogP contribution in [-0.4, -0.2) is 80.5 Å². The lowest BCUT2D eigenvalue weighted by Crippen LogP contribution is -2.69. The molecule has 9 heteroatoms. The maximum absolute atomic E-state index is 11.9. The molecule has 5 heterocycles. The zero-order valence-corrected chi connectivity index (χ0v) is 19.5. The number of nitrogens with zero attached hydrogens (tertiary/aromatic N) is 2. The second-order valence-electron chi connectivity index (χ2n) is 8.68. The fraction of sp³-hybridized carbons (Fsp3) is 0.591. The number of fused-ring (bicyclic) bond motifs is 6. The number of carbonyl (C=O) groups excluding carboxylic acids is 1. The second-order valence-corrected chi connectivity index (χ2v) is 11.0. The molecule has 0 aromatic heterocycles. The summed E-state index contributed by atoms with van der Waals surface area (Å²) in [6.45, 7) is 3.02.